The summed E-state index contributed by atoms with van der Waals surface area (Å²) in [6.07, 6.45) is 0.611. The van der Waals surface area contributed by atoms with Crippen molar-refractivity contribution < 1.29 is 24.1 Å². The molecule has 0 aliphatic carbocycles. The van der Waals surface area contributed by atoms with Crippen molar-refractivity contribution in [1.82, 2.24) is 4.98 Å². The Morgan fingerprint density at radius 3 is 2.21 bits per heavy atom. The highest BCUT2D eigenvalue weighted by atomic mass is 16.5. The van der Waals surface area contributed by atoms with Crippen LogP contribution in [-0.2, 0) is 0 Å². The highest BCUT2D eigenvalue weighted by molar-refractivity contribution is 5.96. The molecule has 0 aliphatic rings. The van der Waals surface area contributed by atoms with E-state index in [1.165, 1.54) is 4.90 Å². The number of carboxylic acid groups (broad SMARTS) is 1. The first-order valence-electron chi connectivity index (χ1n) is 10.3. The number of para-hydroxylation sites is 1. The summed E-state index contributed by atoms with van der Waals surface area (Å²) in [5, 5.41) is 10.6. The van der Waals surface area contributed by atoms with Gasteiger partial charge in [-0.15, -0.1) is 0 Å². The van der Waals surface area contributed by atoms with Crippen LogP contribution in [0.3, 0.4) is 0 Å². The Morgan fingerprint density at radius 2 is 1.55 bits per heavy atom. The highest BCUT2D eigenvalue weighted by Gasteiger charge is 2.21. The van der Waals surface area contributed by atoms with Gasteiger partial charge in [0.25, 0.3) is 0 Å². The second-order valence-electron chi connectivity index (χ2n) is 7.42. The van der Waals surface area contributed by atoms with Crippen LogP contribution in [0.1, 0.15) is 11.1 Å². The van der Waals surface area contributed by atoms with Crippen LogP contribution in [0.2, 0.25) is 0 Å². The molecule has 0 fully saturated rings. The van der Waals surface area contributed by atoms with Gasteiger partial charge in [-0.25, -0.2) is 9.69 Å². The minimum atomic E-state index is -1.06. The van der Waals surface area contributed by atoms with E-state index in [0.29, 0.717) is 39.9 Å². The largest absolute Gasteiger partial charge is 0.493 e. The van der Waals surface area contributed by atoms with Crippen LogP contribution in [0.4, 0.5) is 16.2 Å². The summed E-state index contributed by atoms with van der Waals surface area (Å²) >= 11 is 0. The quantitative estimate of drug-likeness (QED) is 0.367. The molecule has 33 heavy (non-hydrogen) atoms. The van der Waals surface area contributed by atoms with Crippen LogP contribution in [0.5, 0.6) is 23.0 Å². The third-order valence-electron chi connectivity index (χ3n) is 5.58. The van der Waals surface area contributed by atoms with E-state index in [0.717, 1.165) is 16.5 Å². The molecule has 4 aromatic rings. The molecule has 0 saturated carbocycles. The van der Waals surface area contributed by atoms with E-state index >= 15 is 0 Å². The summed E-state index contributed by atoms with van der Waals surface area (Å²) < 4.78 is 17.1. The van der Waals surface area contributed by atoms with Crippen molar-refractivity contribution in [2.75, 3.05) is 19.1 Å². The third kappa shape index (κ3) is 4.13. The number of methoxy groups -OCH3 is 2. The zero-order valence-corrected chi connectivity index (χ0v) is 18.8. The van der Waals surface area contributed by atoms with Crippen LogP contribution in [-0.4, -0.2) is 30.4 Å². The van der Waals surface area contributed by atoms with E-state index in [2.05, 4.69) is 4.98 Å². The average molecular weight is 444 g/mol. The first-order chi connectivity index (χ1) is 15.9. The summed E-state index contributed by atoms with van der Waals surface area (Å²) in [7, 11) is 3.15. The molecular weight excluding hydrogens is 420 g/mol. The predicted octanol–water partition coefficient (Wildman–Crippen LogP) is 6.48. The van der Waals surface area contributed by atoms with E-state index in [1.54, 1.807) is 56.8 Å². The van der Waals surface area contributed by atoms with Crippen molar-refractivity contribution in [3.05, 3.63) is 78.0 Å². The van der Waals surface area contributed by atoms with Crippen LogP contribution >= 0.6 is 0 Å². The average Bonchev–Trinajstić information content (AvgIpc) is 2.83. The van der Waals surface area contributed by atoms with E-state index in [9.17, 15) is 9.90 Å². The fourth-order valence-electron chi connectivity index (χ4n) is 3.72. The Balaban J connectivity index is 1.76. The molecule has 1 heterocycles. The van der Waals surface area contributed by atoms with Crippen molar-refractivity contribution in [3.8, 4) is 23.0 Å². The molecule has 0 spiro atoms. The molecule has 7 heteroatoms. The fraction of sp³-hybridized carbons (Fsp3) is 0.154. The molecular formula is C26H24N2O5. The van der Waals surface area contributed by atoms with Crippen molar-refractivity contribution >= 4 is 28.4 Å². The number of benzene rings is 3. The molecule has 3 aromatic carbocycles. The Kier molecular flexibility index (Phi) is 6.04. The van der Waals surface area contributed by atoms with Crippen molar-refractivity contribution in [2.45, 2.75) is 13.8 Å². The summed E-state index contributed by atoms with van der Waals surface area (Å²) in [5.74, 6) is 2.39. The lowest BCUT2D eigenvalue weighted by atomic mass is 10.1. The molecule has 1 aromatic heterocycles. The van der Waals surface area contributed by atoms with Crippen molar-refractivity contribution in [1.29, 1.82) is 0 Å². The van der Waals surface area contributed by atoms with Gasteiger partial charge in [0.1, 0.15) is 11.5 Å². The summed E-state index contributed by atoms with van der Waals surface area (Å²) in [6.45, 7) is 3.79. The topological polar surface area (TPSA) is 81.1 Å². The van der Waals surface area contributed by atoms with Gasteiger partial charge < -0.3 is 19.3 Å². The van der Waals surface area contributed by atoms with E-state index in [-0.39, 0.29) is 0 Å². The van der Waals surface area contributed by atoms with E-state index < -0.39 is 6.09 Å². The second kappa shape index (κ2) is 9.08. The SMILES string of the molecule is COc1cc2nccc(Oc3ccc(N(C(=O)O)c4ccccc4)c(C)c3C)c2cc1OC. The van der Waals surface area contributed by atoms with Gasteiger partial charge in [0.15, 0.2) is 11.5 Å². The number of pyridine rings is 1. The van der Waals surface area contributed by atoms with Gasteiger partial charge in [-0.2, -0.15) is 0 Å². The molecule has 0 radical (unpaired) electrons. The first kappa shape index (κ1) is 22.0. The molecule has 0 aliphatic heterocycles. The number of ether oxygens (including phenoxy) is 3. The number of amides is 1. The molecule has 1 amide bonds. The molecule has 0 saturated heterocycles. The normalized spacial score (nSPS) is 10.7. The summed E-state index contributed by atoms with van der Waals surface area (Å²) in [4.78, 5) is 17.7. The minimum Gasteiger partial charge on any atom is -0.493 e. The smallest absolute Gasteiger partial charge is 0.416 e. The van der Waals surface area contributed by atoms with Crippen molar-refractivity contribution in [2.24, 2.45) is 0 Å². The lowest BCUT2D eigenvalue weighted by Crippen LogP contribution is -2.24. The maximum atomic E-state index is 12.1. The number of anilines is 2. The Morgan fingerprint density at radius 1 is 0.848 bits per heavy atom. The zero-order chi connectivity index (χ0) is 23.5. The number of carbonyl (C=O) groups is 1. The minimum absolute atomic E-state index is 0.572. The van der Waals surface area contributed by atoms with Crippen molar-refractivity contribution in [3.63, 3.8) is 0 Å². The molecule has 0 bridgehead atoms. The summed E-state index contributed by atoms with van der Waals surface area (Å²) in [6, 6.07) is 17.9. The maximum absolute atomic E-state index is 12.1. The van der Waals surface area contributed by atoms with Crippen LogP contribution < -0.4 is 19.1 Å². The standard InChI is InChI=1S/C26H24N2O5/c1-16-17(2)22(11-10-21(16)28(26(29)30)18-8-6-5-7-9-18)33-23-12-13-27-20-15-25(32-4)24(31-3)14-19(20)23/h5-15H,1-4H3,(H,29,30). The zero-order valence-electron chi connectivity index (χ0n) is 18.8. The third-order valence-corrected chi connectivity index (χ3v) is 5.58. The highest BCUT2D eigenvalue weighted by Crippen LogP contribution is 2.39. The van der Waals surface area contributed by atoms with Gasteiger partial charge in [0.05, 0.1) is 31.1 Å². The number of nitrogens with zero attached hydrogens (tertiary/aromatic N) is 2. The van der Waals surface area contributed by atoms with E-state index in [1.807, 2.05) is 38.1 Å². The van der Waals surface area contributed by atoms with Crippen LogP contribution in [0, 0.1) is 13.8 Å². The molecule has 0 atom stereocenters. The maximum Gasteiger partial charge on any atom is 0.416 e. The second-order valence-corrected chi connectivity index (χ2v) is 7.42. The summed E-state index contributed by atoms with van der Waals surface area (Å²) in [5.41, 5.74) is 3.49. The number of aromatic nitrogens is 1. The number of fused-ring (bicyclic) bond motifs is 1. The number of hydrogen-bond donors (Lipinski definition) is 1. The van der Waals surface area contributed by atoms with Gasteiger partial charge in [-0.3, -0.25) is 4.98 Å². The molecule has 4 rings (SSSR count). The molecule has 1 N–H and O–H groups in total. The van der Waals surface area contributed by atoms with Crippen LogP contribution in [0.15, 0.2) is 66.9 Å². The van der Waals surface area contributed by atoms with Gasteiger partial charge in [-0.05, 0) is 61.4 Å². The number of hydrogen-bond acceptors (Lipinski definition) is 5. The lowest BCUT2D eigenvalue weighted by Gasteiger charge is -2.23. The molecule has 7 nitrogen and oxygen atoms in total. The molecule has 168 valence electrons. The Bertz CT molecular complexity index is 1320. The van der Waals surface area contributed by atoms with Gasteiger partial charge in [0, 0.05) is 17.6 Å². The predicted molar refractivity (Wildman–Crippen MR) is 127 cm³/mol. The van der Waals surface area contributed by atoms with Gasteiger partial charge in [0.2, 0.25) is 0 Å². The monoisotopic (exact) mass is 444 g/mol. The Labute approximate surface area is 191 Å². The lowest BCUT2D eigenvalue weighted by molar-refractivity contribution is 0.204. The van der Waals surface area contributed by atoms with Gasteiger partial charge in [-0.1, -0.05) is 18.2 Å². The molecule has 0 unspecified atom stereocenters. The van der Waals surface area contributed by atoms with Gasteiger partial charge >= 0.3 is 6.09 Å². The fourth-order valence-corrected chi connectivity index (χ4v) is 3.72. The van der Waals surface area contributed by atoms with E-state index in [4.69, 9.17) is 14.2 Å². The first-order valence-corrected chi connectivity index (χ1v) is 10.3. The van der Waals surface area contributed by atoms with Crippen LogP contribution in [0.25, 0.3) is 10.9 Å². The Hall–Kier alpha value is -4.26. The number of rotatable bonds is 6.